The van der Waals surface area contributed by atoms with Gasteiger partial charge in [0.1, 0.15) is 11.6 Å². The lowest BCUT2D eigenvalue weighted by Crippen LogP contribution is -2.28. The summed E-state index contributed by atoms with van der Waals surface area (Å²) in [5.74, 6) is 0. The van der Waals surface area contributed by atoms with Crippen LogP contribution in [0.1, 0.15) is 25.4 Å². The molecule has 0 bridgehead atoms. The fraction of sp³-hybridized carbons (Fsp3) is 0.412. The molecule has 7 nitrogen and oxygen atoms in total. The molecule has 1 N–H and O–H groups in total. The predicted molar refractivity (Wildman–Crippen MR) is 98.2 cm³/mol. The van der Waals surface area contributed by atoms with Crippen LogP contribution in [0.3, 0.4) is 0 Å². The molecule has 1 fully saturated rings. The minimum atomic E-state index is -0.521. The Balaban J connectivity index is 1.92. The topological polar surface area (TPSA) is 85.3 Å². The van der Waals surface area contributed by atoms with Crippen molar-refractivity contribution in [2.75, 3.05) is 6.26 Å². The monoisotopic (exact) mass is 357 g/mol. The van der Waals surface area contributed by atoms with Gasteiger partial charge in [-0.15, -0.1) is 6.58 Å². The van der Waals surface area contributed by atoms with Crippen LogP contribution in [0.15, 0.2) is 45.4 Å². The normalized spacial score (nSPS) is 22.6. The summed E-state index contributed by atoms with van der Waals surface area (Å²) >= 11 is 1.43. The van der Waals surface area contributed by atoms with Crippen molar-refractivity contribution in [2.45, 2.75) is 43.2 Å². The van der Waals surface area contributed by atoms with Crippen LogP contribution in [0.4, 0.5) is 0 Å². The summed E-state index contributed by atoms with van der Waals surface area (Å²) in [5.41, 5.74) is 2.29. The lowest BCUT2D eigenvalue weighted by atomic mass is 10.1. The molecule has 1 aliphatic heterocycles. The number of aliphatic hydroxyl groups excluding tert-OH is 1. The highest BCUT2D eigenvalue weighted by Gasteiger charge is 2.31. The van der Waals surface area contributed by atoms with Crippen molar-refractivity contribution < 1.29 is 5.11 Å². The van der Waals surface area contributed by atoms with Crippen LogP contribution in [-0.2, 0) is 6.54 Å². The van der Waals surface area contributed by atoms with E-state index >= 15 is 0 Å². The average molecular weight is 357 g/mol. The van der Waals surface area contributed by atoms with E-state index in [-0.39, 0.29) is 11.7 Å². The number of aliphatic hydroxyl groups is 1. The highest BCUT2D eigenvalue weighted by atomic mass is 32.2. The first-order chi connectivity index (χ1) is 12.1. The fourth-order valence-corrected chi connectivity index (χ4v) is 3.83. The minimum absolute atomic E-state index is 0.149. The van der Waals surface area contributed by atoms with Gasteiger partial charge in [0, 0.05) is 12.6 Å². The number of allylic oxidation sites excluding steroid dienone is 1. The summed E-state index contributed by atoms with van der Waals surface area (Å²) in [7, 11) is 0. The first kappa shape index (κ1) is 16.3. The van der Waals surface area contributed by atoms with Crippen molar-refractivity contribution in [3.63, 3.8) is 0 Å². The number of fused-ring (bicyclic) bond motifs is 2. The Morgan fingerprint density at radius 2 is 2.36 bits per heavy atom. The van der Waals surface area contributed by atoms with Gasteiger partial charge in [-0.25, -0.2) is 19.3 Å². The molecule has 1 saturated carbocycles. The van der Waals surface area contributed by atoms with Gasteiger partial charge >= 0.3 is 0 Å². The molecule has 0 radical (unpaired) electrons. The Morgan fingerprint density at radius 1 is 1.52 bits per heavy atom. The van der Waals surface area contributed by atoms with E-state index in [1.165, 1.54) is 11.8 Å². The van der Waals surface area contributed by atoms with E-state index in [0.29, 0.717) is 35.6 Å². The van der Waals surface area contributed by atoms with Gasteiger partial charge in [-0.05, 0) is 24.7 Å². The van der Waals surface area contributed by atoms with Crippen molar-refractivity contribution in [2.24, 2.45) is 4.99 Å². The summed E-state index contributed by atoms with van der Waals surface area (Å²) in [6.45, 7) is 4.12. The maximum atomic E-state index is 12.8. The third-order valence-corrected chi connectivity index (χ3v) is 5.21. The second kappa shape index (κ2) is 6.27. The Hall–Kier alpha value is -2.19. The first-order valence-corrected chi connectivity index (χ1v) is 9.44. The van der Waals surface area contributed by atoms with Crippen LogP contribution in [-0.4, -0.2) is 42.5 Å². The molecule has 2 aromatic rings. The first-order valence-electron chi connectivity index (χ1n) is 8.22. The van der Waals surface area contributed by atoms with Crippen molar-refractivity contribution >= 4 is 28.5 Å². The van der Waals surface area contributed by atoms with E-state index < -0.39 is 6.10 Å². The third kappa shape index (κ3) is 2.56. The maximum Gasteiger partial charge on any atom is 0.278 e. The standard InChI is InChI=1S/C17H19N5O2S/c1-3-8-21-16(24)11-9-18-17(25-2)20-15(11)22(21)13-7-5-10-4-6-12(23)14(10)19-13/h3,5,9,12-13,23H,1,4,6-8H2,2H3. The molecule has 2 aromatic heterocycles. The highest BCUT2D eigenvalue weighted by molar-refractivity contribution is 7.98. The molecule has 0 amide bonds. The molecule has 2 atom stereocenters. The van der Waals surface area contributed by atoms with Crippen LogP contribution >= 0.6 is 11.8 Å². The number of nitrogens with zero attached hydrogens (tertiary/aromatic N) is 5. The van der Waals surface area contributed by atoms with Gasteiger partial charge in [-0.3, -0.25) is 9.79 Å². The van der Waals surface area contributed by atoms with Crippen LogP contribution < -0.4 is 5.56 Å². The van der Waals surface area contributed by atoms with Crippen LogP contribution in [0.2, 0.25) is 0 Å². The average Bonchev–Trinajstić information content (AvgIpc) is 3.13. The Labute approximate surface area is 148 Å². The van der Waals surface area contributed by atoms with Crippen LogP contribution in [0.25, 0.3) is 11.0 Å². The molecule has 0 saturated heterocycles. The van der Waals surface area contributed by atoms with E-state index in [1.807, 2.05) is 10.9 Å². The summed E-state index contributed by atoms with van der Waals surface area (Å²) in [4.78, 5) is 26.3. The van der Waals surface area contributed by atoms with E-state index in [9.17, 15) is 9.90 Å². The lowest BCUT2D eigenvalue weighted by molar-refractivity contribution is 0.240. The van der Waals surface area contributed by atoms with Gasteiger partial charge in [-0.1, -0.05) is 23.9 Å². The number of thioether (sulfide) groups is 1. The predicted octanol–water partition coefficient (Wildman–Crippen LogP) is 1.93. The highest BCUT2D eigenvalue weighted by Crippen LogP contribution is 2.32. The SMILES string of the molecule is C=CCn1c(=O)c2cnc(SC)nc2n1C1CC=C2CCC(O)C2=N1. The molecule has 3 heterocycles. The van der Waals surface area contributed by atoms with Gasteiger partial charge in [-0.2, -0.15) is 0 Å². The number of hydrogen-bond donors (Lipinski definition) is 1. The van der Waals surface area contributed by atoms with Crippen molar-refractivity contribution in [1.29, 1.82) is 0 Å². The van der Waals surface area contributed by atoms with E-state index in [0.717, 1.165) is 17.7 Å². The maximum absolute atomic E-state index is 12.8. The Bertz CT molecular complexity index is 971. The largest absolute Gasteiger partial charge is 0.387 e. The Morgan fingerprint density at radius 3 is 3.12 bits per heavy atom. The third-order valence-electron chi connectivity index (χ3n) is 4.65. The quantitative estimate of drug-likeness (QED) is 0.513. The number of aromatic nitrogens is 4. The second-order valence-corrected chi connectivity index (χ2v) is 6.90. The van der Waals surface area contributed by atoms with Crippen molar-refractivity contribution in [3.05, 3.63) is 40.9 Å². The smallest absolute Gasteiger partial charge is 0.278 e. The Kier molecular flexibility index (Phi) is 4.09. The molecule has 0 aromatic carbocycles. The van der Waals surface area contributed by atoms with Gasteiger partial charge in [0.15, 0.2) is 10.8 Å². The van der Waals surface area contributed by atoms with Crippen molar-refractivity contribution in [1.82, 2.24) is 19.3 Å². The number of dihydropyridines is 1. The van der Waals surface area contributed by atoms with E-state index in [4.69, 9.17) is 4.99 Å². The zero-order valence-electron chi connectivity index (χ0n) is 13.9. The van der Waals surface area contributed by atoms with E-state index in [2.05, 4.69) is 22.6 Å². The number of rotatable bonds is 4. The van der Waals surface area contributed by atoms with Crippen LogP contribution in [0, 0.1) is 0 Å². The molecular weight excluding hydrogens is 338 g/mol. The molecule has 0 spiro atoms. The van der Waals surface area contributed by atoms with Gasteiger partial charge in [0.25, 0.3) is 5.56 Å². The summed E-state index contributed by atoms with van der Waals surface area (Å²) in [6.07, 6.45) is 8.69. The van der Waals surface area contributed by atoms with Crippen LogP contribution in [0.5, 0.6) is 0 Å². The second-order valence-electron chi connectivity index (χ2n) is 6.13. The molecule has 1 aliphatic carbocycles. The summed E-state index contributed by atoms with van der Waals surface area (Å²) < 4.78 is 3.43. The molecule has 130 valence electrons. The number of aliphatic imine (C=N–C) groups is 1. The van der Waals surface area contributed by atoms with Gasteiger partial charge in [0.2, 0.25) is 0 Å². The minimum Gasteiger partial charge on any atom is -0.387 e. The zero-order valence-corrected chi connectivity index (χ0v) is 14.7. The van der Waals surface area contributed by atoms with E-state index in [1.54, 1.807) is 17.0 Å². The molecule has 8 heteroatoms. The molecule has 25 heavy (non-hydrogen) atoms. The summed E-state index contributed by atoms with van der Waals surface area (Å²) in [6, 6.07) is 0. The lowest BCUT2D eigenvalue weighted by Gasteiger charge is -2.22. The molecule has 2 unspecified atom stereocenters. The molecular formula is C17H19N5O2S. The zero-order chi connectivity index (χ0) is 17.6. The molecule has 2 aliphatic rings. The molecule has 4 rings (SSSR count). The summed E-state index contributed by atoms with van der Waals surface area (Å²) in [5, 5.41) is 11.3. The fourth-order valence-electron chi connectivity index (χ4n) is 3.49. The van der Waals surface area contributed by atoms with Crippen molar-refractivity contribution in [3.8, 4) is 0 Å². The van der Waals surface area contributed by atoms with Gasteiger partial charge < -0.3 is 5.11 Å². The number of hydrogen-bond acceptors (Lipinski definition) is 6. The van der Waals surface area contributed by atoms with Gasteiger partial charge in [0.05, 0.1) is 18.4 Å².